The maximum Gasteiger partial charge on any atom is 0.414 e. The van der Waals surface area contributed by atoms with Crippen molar-refractivity contribution < 1.29 is 19.4 Å². The van der Waals surface area contributed by atoms with Crippen LogP contribution in [0.15, 0.2) is 24.4 Å². The summed E-state index contributed by atoms with van der Waals surface area (Å²) in [4.78, 5) is 24.0. The van der Waals surface area contributed by atoms with E-state index in [1.54, 1.807) is 19.2 Å². The molecule has 1 aromatic carbocycles. The number of hydrogen-bond acceptors (Lipinski definition) is 3. The van der Waals surface area contributed by atoms with Crippen molar-refractivity contribution in [1.82, 2.24) is 9.47 Å². The van der Waals surface area contributed by atoms with Gasteiger partial charge in [-0.25, -0.2) is 4.79 Å². The fourth-order valence-electron chi connectivity index (χ4n) is 2.26. The number of hydrogen-bond donors (Lipinski definition) is 1. The molecule has 1 amide bonds. The summed E-state index contributed by atoms with van der Waals surface area (Å²) in [5.74, 6) is -0.339. The molecular formula is C16H20N2O4. The van der Waals surface area contributed by atoms with Crippen LogP contribution >= 0.6 is 0 Å². The predicted molar refractivity (Wildman–Crippen MR) is 83.2 cm³/mol. The number of carbonyl (C=O) groups excluding carboxylic acids is 1. The summed E-state index contributed by atoms with van der Waals surface area (Å²) in [6, 6.07) is 5.38. The van der Waals surface area contributed by atoms with Crippen molar-refractivity contribution >= 4 is 23.0 Å². The van der Waals surface area contributed by atoms with Crippen LogP contribution in [0.3, 0.4) is 0 Å². The van der Waals surface area contributed by atoms with Crippen molar-refractivity contribution in [2.45, 2.75) is 19.8 Å². The first-order chi connectivity index (χ1) is 10.4. The number of aliphatic carboxylic acids is 1. The lowest BCUT2D eigenvalue weighted by molar-refractivity contribution is -0.136. The molecule has 1 heterocycles. The molecule has 118 valence electrons. The smallest absolute Gasteiger partial charge is 0.414 e. The first-order valence-corrected chi connectivity index (χ1v) is 7.15. The van der Waals surface area contributed by atoms with Gasteiger partial charge in [-0.2, -0.15) is 0 Å². The zero-order chi connectivity index (χ0) is 16.3. The summed E-state index contributed by atoms with van der Waals surface area (Å²) < 4.78 is 7.23. The molecule has 0 aliphatic rings. The predicted octanol–water partition coefficient (Wildman–Crippen LogP) is 2.65. The molecule has 1 aromatic heterocycles. The van der Waals surface area contributed by atoms with Crippen LogP contribution < -0.4 is 4.74 Å². The van der Waals surface area contributed by atoms with Crippen molar-refractivity contribution in [3.05, 3.63) is 30.0 Å². The van der Waals surface area contributed by atoms with E-state index in [-0.39, 0.29) is 6.42 Å². The minimum atomic E-state index is -0.815. The van der Waals surface area contributed by atoms with Crippen molar-refractivity contribution in [3.63, 3.8) is 0 Å². The van der Waals surface area contributed by atoms with Gasteiger partial charge in [0.15, 0.2) is 0 Å². The number of nitrogens with zero attached hydrogens (tertiary/aromatic N) is 2. The van der Waals surface area contributed by atoms with E-state index in [0.29, 0.717) is 18.7 Å². The molecule has 0 aliphatic heterocycles. The molecule has 1 N–H and O–H groups in total. The molecule has 0 atom stereocenters. The average molecular weight is 304 g/mol. The molecule has 0 unspecified atom stereocenters. The van der Waals surface area contributed by atoms with Crippen LogP contribution in [0.2, 0.25) is 0 Å². The Balaban J connectivity index is 2.26. The quantitative estimate of drug-likeness (QED) is 0.921. The first-order valence-electron chi connectivity index (χ1n) is 7.15. The van der Waals surface area contributed by atoms with Gasteiger partial charge in [-0.15, -0.1) is 0 Å². The van der Waals surface area contributed by atoms with Crippen LogP contribution in [0.4, 0.5) is 4.79 Å². The highest BCUT2D eigenvalue weighted by Gasteiger charge is 2.12. The zero-order valence-electron chi connectivity index (χ0n) is 13.0. The lowest BCUT2D eigenvalue weighted by Gasteiger charge is -2.14. The van der Waals surface area contributed by atoms with Crippen LogP contribution in [0.1, 0.15) is 18.9 Å². The van der Waals surface area contributed by atoms with Crippen molar-refractivity contribution in [2.24, 2.45) is 7.05 Å². The second-order valence-electron chi connectivity index (χ2n) is 5.22. The summed E-state index contributed by atoms with van der Waals surface area (Å²) in [5.41, 5.74) is 1.88. The van der Waals surface area contributed by atoms with Crippen molar-refractivity contribution in [1.29, 1.82) is 0 Å². The van der Waals surface area contributed by atoms with Crippen molar-refractivity contribution in [2.75, 3.05) is 13.6 Å². The van der Waals surface area contributed by atoms with E-state index in [1.807, 2.05) is 30.8 Å². The Labute approximate surface area is 128 Å². The number of aryl methyl sites for hydroxylation is 2. The number of carboxylic acid groups (broad SMARTS) is 1. The number of benzene rings is 1. The van der Waals surface area contributed by atoms with E-state index >= 15 is 0 Å². The summed E-state index contributed by atoms with van der Waals surface area (Å²) in [6.45, 7) is 2.45. The standard InChI is InChI=1S/C16H20N2O4/c1-4-17(2)16(21)22-12-6-7-13-11(5-8-15(19)20)10-18(3)14(13)9-12/h6-7,9-10H,4-5,8H2,1-3H3,(H,19,20). The van der Waals surface area contributed by atoms with Gasteiger partial charge in [0.1, 0.15) is 5.75 Å². The molecule has 2 rings (SSSR count). The van der Waals surface area contributed by atoms with E-state index in [1.165, 1.54) is 4.90 Å². The molecule has 0 fully saturated rings. The third-order valence-electron chi connectivity index (χ3n) is 3.64. The van der Waals surface area contributed by atoms with E-state index in [0.717, 1.165) is 16.5 Å². The number of ether oxygens (including phenoxy) is 1. The molecule has 0 saturated carbocycles. The Kier molecular flexibility index (Phi) is 4.70. The fraction of sp³-hybridized carbons (Fsp3) is 0.375. The van der Waals surface area contributed by atoms with E-state index in [9.17, 15) is 9.59 Å². The second kappa shape index (κ2) is 6.51. The molecule has 6 nitrogen and oxygen atoms in total. The molecule has 0 aliphatic carbocycles. The highest BCUT2D eigenvalue weighted by Crippen LogP contribution is 2.26. The number of fused-ring (bicyclic) bond motifs is 1. The number of amides is 1. The van der Waals surface area contributed by atoms with Gasteiger partial charge < -0.3 is 19.3 Å². The van der Waals surface area contributed by atoms with Crippen LogP contribution in [0, 0.1) is 0 Å². The minimum absolute atomic E-state index is 0.0944. The van der Waals surface area contributed by atoms with Gasteiger partial charge in [-0.1, -0.05) is 0 Å². The molecule has 0 radical (unpaired) electrons. The van der Waals surface area contributed by atoms with Crippen LogP contribution in [-0.4, -0.2) is 40.2 Å². The van der Waals surface area contributed by atoms with Crippen LogP contribution in [0.5, 0.6) is 5.75 Å². The lowest BCUT2D eigenvalue weighted by atomic mass is 10.1. The number of carbonyl (C=O) groups is 2. The highest BCUT2D eigenvalue weighted by molar-refractivity contribution is 5.86. The van der Waals surface area contributed by atoms with Gasteiger partial charge in [0, 0.05) is 44.7 Å². The van der Waals surface area contributed by atoms with Gasteiger partial charge in [-0.3, -0.25) is 4.79 Å². The van der Waals surface area contributed by atoms with E-state index < -0.39 is 12.1 Å². The molecule has 6 heteroatoms. The van der Waals surface area contributed by atoms with E-state index in [2.05, 4.69) is 0 Å². The molecular weight excluding hydrogens is 284 g/mol. The molecule has 22 heavy (non-hydrogen) atoms. The van der Waals surface area contributed by atoms with Crippen LogP contribution in [0.25, 0.3) is 10.9 Å². The third-order valence-corrected chi connectivity index (χ3v) is 3.64. The Bertz CT molecular complexity index is 705. The minimum Gasteiger partial charge on any atom is -0.481 e. The zero-order valence-corrected chi connectivity index (χ0v) is 13.0. The Hall–Kier alpha value is -2.50. The van der Waals surface area contributed by atoms with E-state index in [4.69, 9.17) is 9.84 Å². The average Bonchev–Trinajstić information content (AvgIpc) is 2.80. The number of carboxylic acids is 1. The summed E-state index contributed by atoms with van der Waals surface area (Å²) in [5, 5.41) is 9.78. The summed E-state index contributed by atoms with van der Waals surface area (Å²) >= 11 is 0. The molecule has 0 saturated heterocycles. The largest absolute Gasteiger partial charge is 0.481 e. The lowest BCUT2D eigenvalue weighted by Crippen LogP contribution is -2.29. The van der Waals surface area contributed by atoms with Gasteiger partial charge in [-0.05, 0) is 31.0 Å². The maximum atomic E-state index is 11.8. The molecule has 2 aromatic rings. The van der Waals surface area contributed by atoms with Crippen LogP contribution in [-0.2, 0) is 18.3 Å². The Morgan fingerprint density at radius 3 is 2.73 bits per heavy atom. The van der Waals surface area contributed by atoms with Gasteiger partial charge in [0.25, 0.3) is 0 Å². The monoisotopic (exact) mass is 304 g/mol. The highest BCUT2D eigenvalue weighted by atomic mass is 16.6. The van der Waals surface area contributed by atoms with Gasteiger partial charge in [0.2, 0.25) is 0 Å². The SMILES string of the molecule is CCN(C)C(=O)Oc1ccc2c(CCC(=O)O)cn(C)c2c1. The molecule has 0 spiro atoms. The number of aromatic nitrogens is 1. The van der Waals surface area contributed by atoms with Gasteiger partial charge in [0.05, 0.1) is 5.52 Å². The normalized spacial score (nSPS) is 10.7. The maximum absolute atomic E-state index is 11.8. The Morgan fingerprint density at radius 2 is 2.09 bits per heavy atom. The summed E-state index contributed by atoms with van der Waals surface area (Å²) in [6.07, 6.45) is 2.08. The molecule has 0 bridgehead atoms. The second-order valence-corrected chi connectivity index (χ2v) is 5.22. The fourth-order valence-corrected chi connectivity index (χ4v) is 2.26. The summed E-state index contributed by atoms with van der Waals surface area (Å²) in [7, 11) is 3.56. The first kappa shape index (κ1) is 15.9. The van der Waals surface area contributed by atoms with Crippen molar-refractivity contribution in [3.8, 4) is 5.75 Å². The Morgan fingerprint density at radius 1 is 1.36 bits per heavy atom. The van der Waals surface area contributed by atoms with Gasteiger partial charge >= 0.3 is 12.1 Å². The topological polar surface area (TPSA) is 71.8 Å². The number of rotatable bonds is 5. The third kappa shape index (κ3) is 3.39.